The van der Waals surface area contributed by atoms with Gasteiger partial charge in [-0.25, -0.2) is 0 Å². The van der Waals surface area contributed by atoms with Crippen LogP contribution in [0.15, 0.2) is 48.5 Å². The highest BCUT2D eigenvalue weighted by molar-refractivity contribution is 6.30. The zero-order valence-corrected chi connectivity index (χ0v) is 11.1. The van der Waals surface area contributed by atoms with Crippen LogP contribution in [0.3, 0.4) is 0 Å². The fraction of sp³-hybridized carbons (Fsp3) is 0.133. The summed E-state index contributed by atoms with van der Waals surface area (Å²) in [7, 11) is 1.51. The third-order valence-electron chi connectivity index (χ3n) is 2.89. The van der Waals surface area contributed by atoms with Crippen molar-refractivity contribution in [1.82, 2.24) is 0 Å². The van der Waals surface area contributed by atoms with Gasteiger partial charge >= 0.3 is 0 Å². The monoisotopic (exact) mass is 275 g/mol. The van der Waals surface area contributed by atoms with E-state index in [1.54, 1.807) is 48.5 Å². The molecule has 0 radical (unpaired) electrons. The lowest BCUT2D eigenvalue weighted by atomic mass is 9.91. The number of carbonyl (C=O) groups excluding carboxylic acids is 1. The smallest absolute Gasteiger partial charge is 0.123 e. The molecule has 1 atom stereocenters. The number of carboxylic acid groups (broad SMARTS) is 1. The summed E-state index contributed by atoms with van der Waals surface area (Å²) in [6, 6.07) is 13.7. The number of para-hydroxylation sites is 1. The van der Waals surface area contributed by atoms with E-state index < -0.39 is 11.9 Å². The molecular formula is C15H12ClO3-. The fourth-order valence-corrected chi connectivity index (χ4v) is 2.13. The average molecular weight is 276 g/mol. The molecule has 2 aromatic rings. The lowest BCUT2D eigenvalue weighted by Crippen LogP contribution is -2.30. The van der Waals surface area contributed by atoms with E-state index in [2.05, 4.69) is 0 Å². The van der Waals surface area contributed by atoms with Crippen molar-refractivity contribution in [2.24, 2.45) is 0 Å². The first-order valence-electron chi connectivity index (χ1n) is 5.72. The number of hydrogen-bond acceptors (Lipinski definition) is 3. The van der Waals surface area contributed by atoms with Crippen molar-refractivity contribution < 1.29 is 14.6 Å². The van der Waals surface area contributed by atoms with Crippen molar-refractivity contribution in [2.45, 2.75) is 5.92 Å². The third kappa shape index (κ3) is 2.88. The van der Waals surface area contributed by atoms with Gasteiger partial charge < -0.3 is 14.6 Å². The molecule has 0 heterocycles. The number of methoxy groups -OCH3 is 1. The Bertz CT molecular complexity index is 578. The zero-order chi connectivity index (χ0) is 13.8. The quantitative estimate of drug-likeness (QED) is 0.860. The second-order valence-electron chi connectivity index (χ2n) is 4.05. The number of aliphatic carboxylic acids is 1. The standard InChI is InChI=1S/C15H13ClO3/c1-19-13-5-3-2-4-12(13)14(15(17)18)10-6-8-11(16)9-7-10/h2-9,14H,1H3,(H,17,18)/p-1. The number of halogens is 1. The van der Waals surface area contributed by atoms with E-state index in [0.717, 1.165) is 0 Å². The Morgan fingerprint density at radius 3 is 2.37 bits per heavy atom. The predicted octanol–water partition coefficient (Wildman–Crippen LogP) is 2.23. The number of benzene rings is 2. The highest BCUT2D eigenvalue weighted by atomic mass is 35.5. The van der Waals surface area contributed by atoms with Crippen LogP contribution in [0.1, 0.15) is 17.0 Å². The van der Waals surface area contributed by atoms with E-state index in [9.17, 15) is 9.90 Å². The molecule has 2 aromatic carbocycles. The Hall–Kier alpha value is -2.00. The van der Waals surface area contributed by atoms with Gasteiger partial charge in [0.15, 0.2) is 0 Å². The van der Waals surface area contributed by atoms with Crippen LogP contribution in [0.5, 0.6) is 5.75 Å². The summed E-state index contributed by atoms with van der Waals surface area (Å²) in [6.07, 6.45) is 0. The molecule has 0 saturated heterocycles. The van der Waals surface area contributed by atoms with Crippen molar-refractivity contribution in [3.05, 3.63) is 64.7 Å². The molecule has 19 heavy (non-hydrogen) atoms. The molecule has 1 unspecified atom stereocenters. The first kappa shape index (κ1) is 13.4. The van der Waals surface area contributed by atoms with Gasteiger partial charge in [-0.05, 0) is 23.8 Å². The molecule has 0 aliphatic carbocycles. The van der Waals surface area contributed by atoms with Crippen molar-refractivity contribution in [3.63, 3.8) is 0 Å². The molecule has 0 N–H and O–H groups in total. The summed E-state index contributed by atoms with van der Waals surface area (Å²) in [5.41, 5.74) is 1.17. The number of hydrogen-bond donors (Lipinski definition) is 0. The van der Waals surface area contributed by atoms with E-state index in [-0.39, 0.29) is 0 Å². The predicted molar refractivity (Wildman–Crippen MR) is 71.3 cm³/mol. The van der Waals surface area contributed by atoms with Gasteiger partial charge in [-0.1, -0.05) is 41.9 Å². The summed E-state index contributed by atoms with van der Waals surface area (Å²) in [5, 5.41) is 12.0. The molecule has 0 aliphatic rings. The van der Waals surface area contributed by atoms with Gasteiger partial charge in [0.2, 0.25) is 0 Å². The molecule has 0 amide bonds. The molecular weight excluding hydrogens is 264 g/mol. The maximum Gasteiger partial charge on any atom is 0.123 e. The summed E-state index contributed by atoms with van der Waals surface area (Å²) in [5.74, 6) is -1.54. The molecule has 0 bridgehead atoms. The van der Waals surface area contributed by atoms with Crippen LogP contribution in [-0.2, 0) is 4.79 Å². The topological polar surface area (TPSA) is 49.4 Å². The minimum atomic E-state index is -1.17. The minimum absolute atomic E-state index is 0.520. The van der Waals surface area contributed by atoms with Gasteiger partial charge in [-0.3, -0.25) is 0 Å². The molecule has 0 aliphatic heterocycles. The Kier molecular flexibility index (Phi) is 4.07. The Labute approximate surface area is 116 Å². The summed E-state index contributed by atoms with van der Waals surface area (Å²) >= 11 is 5.81. The average Bonchev–Trinajstić information content (AvgIpc) is 2.41. The number of carbonyl (C=O) groups is 1. The van der Waals surface area contributed by atoms with E-state index in [4.69, 9.17) is 16.3 Å². The van der Waals surface area contributed by atoms with Crippen molar-refractivity contribution in [2.75, 3.05) is 7.11 Å². The van der Waals surface area contributed by atoms with E-state index in [1.165, 1.54) is 7.11 Å². The van der Waals surface area contributed by atoms with Gasteiger partial charge in [0.25, 0.3) is 0 Å². The molecule has 0 fully saturated rings. The first-order chi connectivity index (χ1) is 9.13. The molecule has 0 saturated carbocycles. The summed E-state index contributed by atoms with van der Waals surface area (Å²) < 4.78 is 5.20. The van der Waals surface area contributed by atoms with Gasteiger partial charge in [0, 0.05) is 10.6 Å². The van der Waals surface area contributed by atoms with Gasteiger partial charge in [0.1, 0.15) is 5.75 Å². The summed E-state index contributed by atoms with van der Waals surface area (Å²) in [4.78, 5) is 11.5. The SMILES string of the molecule is COc1ccccc1C(C(=O)[O-])c1ccc(Cl)cc1. The third-order valence-corrected chi connectivity index (χ3v) is 3.14. The van der Waals surface area contributed by atoms with Gasteiger partial charge in [-0.2, -0.15) is 0 Å². The zero-order valence-electron chi connectivity index (χ0n) is 10.3. The summed E-state index contributed by atoms with van der Waals surface area (Å²) in [6.45, 7) is 0. The molecule has 0 aromatic heterocycles. The lowest BCUT2D eigenvalue weighted by Gasteiger charge is -2.21. The molecule has 2 rings (SSSR count). The molecule has 98 valence electrons. The van der Waals surface area contributed by atoms with Crippen LogP contribution >= 0.6 is 11.6 Å². The fourth-order valence-electron chi connectivity index (χ4n) is 2.00. The Morgan fingerprint density at radius 2 is 1.79 bits per heavy atom. The highest BCUT2D eigenvalue weighted by Crippen LogP contribution is 2.31. The normalized spacial score (nSPS) is 11.9. The molecule has 4 heteroatoms. The highest BCUT2D eigenvalue weighted by Gasteiger charge is 2.19. The van der Waals surface area contributed by atoms with Crippen LogP contribution < -0.4 is 9.84 Å². The number of rotatable bonds is 4. The van der Waals surface area contributed by atoms with Crippen LogP contribution in [0.4, 0.5) is 0 Å². The molecule has 0 spiro atoms. The second kappa shape index (κ2) is 5.76. The van der Waals surface area contributed by atoms with Gasteiger partial charge in [0.05, 0.1) is 19.0 Å². The van der Waals surface area contributed by atoms with Crippen molar-refractivity contribution in [1.29, 1.82) is 0 Å². The van der Waals surface area contributed by atoms with Crippen molar-refractivity contribution in [3.8, 4) is 5.75 Å². The van der Waals surface area contributed by atoms with Crippen molar-refractivity contribution >= 4 is 17.6 Å². The number of carboxylic acids is 1. The Balaban J connectivity index is 2.51. The van der Waals surface area contributed by atoms with E-state index in [0.29, 0.717) is 21.9 Å². The van der Waals surface area contributed by atoms with Crippen LogP contribution in [0, 0.1) is 0 Å². The van der Waals surface area contributed by atoms with Gasteiger partial charge in [-0.15, -0.1) is 0 Å². The second-order valence-corrected chi connectivity index (χ2v) is 4.48. The minimum Gasteiger partial charge on any atom is -0.549 e. The maximum atomic E-state index is 11.5. The first-order valence-corrected chi connectivity index (χ1v) is 6.10. The van der Waals surface area contributed by atoms with Crippen LogP contribution in [0.2, 0.25) is 5.02 Å². The van der Waals surface area contributed by atoms with E-state index >= 15 is 0 Å². The van der Waals surface area contributed by atoms with Crippen LogP contribution in [0.25, 0.3) is 0 Å². The van der Waals surface area contributed by atoms with Crippen LogP contribution in [-0.4, -0.2) is 13.1 Å². The Morgan fingerprint density at radius 1 is 1.16 bits per heavy atom. The van der Waals surface area contributed by atoms with E-state index in [1.807, 2.05) is 0 Å². The largest absolute Gasteiger partial charge is 0.549 e. The lowest BCUT2D eigenvalue weighted by molar-refractivity contribution is -0.306. The number of ether oxygens (including phenoxy) is 1. The molecule has 3 nitrogen and oxygen atoms in total. The maximum absolute atomic E-state index is 11.5.